The first-order valence-corrected chi connectivity index (χ1v) is 3.86. The molecule has 1 aliphatic rings. The van der Waals surface area contributed by atoms with Crippen molar-refractivity contribution < 1.29 is 0 Å². The predicted octanol–water partition coefficient (Wildman–Crippen LogP) is 0.0738. The van der Waals surface area contributed by atoms with Crippen molar-refractivity contribution in [3.8, 4) is 6.07 Å². The first-order valence-electron chi connectivity index (χ1n) is 3.86. The van der Waals surface area contributed by atoms with Crippen LogP contribution in [-0.2, 0) is 0 Å². The van der Waals surface area contributed by atoms with Crippen LogP contribution < -0.4 is 0 Å². The second-order valence-corrected chi connectivity index (χ2v) is 3.10. The van der Waals surface area contributed by atoms with Gasteiger partial charge in [-0.2, -0.15) is 5.26 Å². The highest BCUT2D eigenvalue weighted by Gasteiger charge is 2.24. The molecule has 66 valence electrons. The average Bonchev–Trinajstić information content (AvgIpc) is 2.32. The van der Waals surface area contributed by atoms with Crippen molar-refractivity contribution in [1.82, 2.24) is 14.7 Å². The third-order valence-electron chi connectivity index (χ3n) is 1.87. The second kappa shape index (κ2) is 3.46. The van der Waals surface area contributed by atoms with Crippen LogP contribution in [0.25, 0.3) is 0 Å². The van der Waals surface area contributed by atoms with Gasteiger partial charge in [0.1, 0.15) is 6.54 Å². The quantitative estimate of drug-likeness (QED) is 0.544. The lowest BCUT2D eigenvalue weighted by Crippen LogP contribution is -2.47. The van der Waals surface area contributed by atoms with E-state index in [0.717, 1.165) is 0 Å². The number of rotatable bonds is 2. The molecule has 1 unspecified atom stereocenters. The van der Waals surface area contributed by atoms with E-state index in [-0.39, 0.29) is 6.29 Å². The Hall–Kier alpha value is -1.21. The first-order chi connectivity index (χ1) is 5.66. The second-order valence-electron chi connectivity index (χ2n) is 3.10. The lowest BCUT2D eigenvalue weighted by atomic mass is 10.5. The molecule has 4 heteroatoms. The molecule has 0 fully saturated rings. The van der Waals surface area contributed by atoms with Crippen molar-refractivity contribution in [1.29, 1.82) is 5.26 Å². The number of nitriles is 1. The Morgan fingerprint density at radius 3 is 2.67 bits per heavy atom. The number of nitrogens with zero attached hydrogens (tertiary/aromatic N) is 4. The predicted molar refractivity (Wildman–Crippen MR) is 46.7 cm³/mol. The fourth-order valence-corrected chi connectivity index (χ4v) is 1.46. The fourth-order valence-electron chi connectivity index (χ4n) is 1.46. The van der Waals surface area contributed by atoms with Crippen molar-refractivity contribution in [3.63, 3.8) is 0 Å². The normalized spacial score (nSPS) is 22.1. The molecule has 12 heavy (non-hydrogen) atoms. The lowest BCUT2D eigenvalue weighted by molar-refractivity contribution is 0.0513. The molecule has 0 radical (unpaired) electrons. The summed E-state index contributed by atoms with van der Waals surface area (Å²) in [6, 6.07) is 2.14. The Bertz CT molecular complexity index is 216. The molecule has 0 saturated carbocycles. The minimum absolute atomic E-state index is 0.185. The zero-order valence-electron chi connectivity index (χ0n) is 7.73. The van der Waals surface area contributed by atoms with Gasteiger partial charge in [-0.05, 0) is 14.1 Å². The van der Waals surface area contributed by atoms with Gasteiger partial charge in [-0.25, -0.2) is 0 Å². The molecule has 0 N–H and O–H groups in total. The molecule has 0 aliphatic carbocycles. The molecule has 0 aromatic carbocycles. The molecule has 0 amide bonds. The highest BCUT2D eigenvalue weighted by atomic mass is 15.5. The van der Waals surface area contributed by atoms with Crippen LogP contribution in [0.4, 0.5) is 0 Å². The maximum Gasteiger partial charge on any atom is 0.159 e. The largest absolute Gasteiger partial charge is 0.347 e. The summed E-state index contributed by atoms with van der Waals surface area (Å²) in [5, 5.41) is 8.55. The minimum Gasteiger partial charge on any atom is -0.347 e. The van der Waals surface area contributed by atoms with E-state index in [1.807, 2.05) is 38.4 Å². The van der Waals surface area contributed by atoms with Crippen molar-refractivity contribution >= 4 is 0 Å². The molecule has 4 nitrogen and oxygen atoms in total. The van der Waals surface area contributed by atoms with Crippen LogP contribution in [0.1, 0.15) is 0 Å². The summed E-state index contributed by atoms with van der Waals surface area (Å²) in [5.41, 5.74) is 0. The molecule has 1 heterocycles. The highest BCUT2D eigenvalue weighted by Crippen LogP contribution is 2.14. The number of hydrogen-bond donors (Lipinski definition) is 0. The molecule has 0 aromatic rings. The van der Waals surface area contributed by atoms with Crippen LogP contribution in [0.5, 0.6) is 0 Å². The summed E-state index contributed by atoms with van der Waals surface area (Å²) in [6.45, 7) is 0.434. The minimum atomic E-state index is 0.185. The first kappa shape index (κ1) is 8.88. The molecule has 0 saturated heterocycles. The van der Waals surface area contributed by atoms with Gasteiger partial charge in [0.05, 0.1) is 6.07 Å². The Balaban J connectivity index is 2.64. The van der Waals surface area contributed by atoms with Gasteiger partial charge in [-0.15, -0.1) is 0 Å². The van der Waals surface area contributed by atoms with Gasteiger partial charge in [-0.3, -0.25) is 4.90 Å². The van der Waals surface area contributed by atoms with Gasteiger partial charge < -0.3 is 9.80 Å². The standard InChI is InChI=1S/C8H14N4/c1-10(2)8-11(3)6-7-12(8)5-4-9/h6-8H,5H2,1-3H3. The Labute approximate surface area is 73.3 Å². The Morgan fingerprint density at radius 2 is 2.17 bits per heavy atom. The summed E-state index contributed by atoms with van der Waals surface area (Å²) < 4.78 is 0. The van der Waals surface area contributed by atoms with Gasteiger partial charge >= 0.3 is 0 Å². The van der Waals surface area contributed by atoms with Gasteiger partial charge in [0.2, 0.25) is 0 Å². The SMILES string of the molecule is CN(C)C1N(C)C=CN1CC#N. The van der Waals surface area contributed by atoms with E-state index >= 15 is 0 Å². The zero-order valence-corrected chi connectivity index (χ0v) is 7.73. The molecule has 0 bridgehead atoms. The molecular formula is C8H14N4. The van der Waals surface area contributed by atoms with Crippen LogP contribution >= 0.6 is 0 Å². The monoisotopic (exact) mass is 166 g/mol. The van der Waals surface area contributed by atoms with Crippen LogP contribution in [0, 0.1) is 11.3 Å². The van der Waals surface area contributed by atoms with E-state index in [4.69, 9.17) is 5.26 Å². The van der Waals surface area contributed by atoms with Crippen molar-refractivity contribution in [2.24, 2.45) is 0 Å². The van der Waals surface area contributed by atoms with Crippen molar-refractivity contribution in [2.45, 2.75) is 6.29 Å². The van der Waals surface area contributed by atoms with Crippen LogP contribution in [0.15, 0.2) is 12.4 Å². The maximum atomic E-state index is 8.55. The summed E-state index contributed by atoms with van der Waals surface area (Å²) >= 11 is 0. The van der Waals surface area contributed by atoms with Crippen molar-refractivity contribution in [2.75, 3.05) is 27.7 Å². The van der Waals surface area contributed by atoms with E-state index < -0.39 is 0 Å². The van der Waals surface area contributed by atoms with E-state index in [1.165, 1.54) is 0 Å². The van der Waals surface area contributed by atoms with Gasteiger partial charge in [-0.1, -0.05) is 0 Å². The van der Waals surface area contributed by atoms with E-state index in [9.17, 15) is 0 Å². The maximum absolute atomic E-state index is 8.55. The smallest absolute Gasteiger partial charge is 0.159 e. The fraction of sp³-hybridized carbons (Fsp3) is 0.625. The topological polar surface area (TPSA) is 33.5 Å². The van der Waals surface area contributed by atoms with Crippen molar-refractivity contribution in [3.05, 3.63) is 12.4 Å². The van der Waals surface area contributed by atoms with Gasteiger partial charge in [0.15, 0.2) is 6.29 Å². The Kier molecular flexibility index (Phi) is 2.56. The number of hydrogen-bond acceptors (Lipinski definition) is 4. The third-order valence-corrected chi connectivity index (χ3v) is 1.87. The summed E-state index contributed by atoms with van der Waals surface area (Å²) in [4.78, 5) is 6.12. The summed E-state index contributed by atoms with van der Waals surface area (Å²) in [6.07, 6.45) is 4.10. The molecule has 1 aliphatic heterocycles. The van der Waals surface area contributed by atoms with Gasteiger partial charge in [0.25, 0.3) is 0 Å². The Morgan fingerprint density at radius 1 is 1.50 bits per heavy atom. The van der Waals surface area contributed by atoms with E-state index in [0.29, 0.717) is 6.54 Å². The van der Waals surface area contributed by atoms with E-state index in [2.05, 4.69) is 15.9 Å². The van der Waals surface area contributed by atoms with Crippen LogP contribution in [-0.4, -0.2) is 48.7 Å². The average molecular weight is 166 g/mol. The molecule has 0 aromatic heterocycles. The summed E-state index contributed by atoms with van der Waals surface area (Å²) in [5.74, 6) is 0. The highest BCUT2D eigenvalue weighted by molar-refractivity contribution is 4.97. The molecular weight excluding hydrogens is 152 g/mol. The van der Waals surface area contributed by atoms with Gasteiger partial charge in [0, 0.05) is 19.4 Å². The van der Waals surface area contributed by atoms with E-state index in [1.54, 1.807) is 0 Å². The van der Waals surface area contributed by atoms with Crippen LogP contribution in [0.2, 0.25) is 0 Å². The lowest BCUT2D eigenvalue weighted by Gasteiger charge is -2.33. The zero-order chi connectivity index (χ0) is 9.14. The molecule has 1 atom stereocenters. The molecule has 0 spiro atoms. The molecule has 1 rings (SSSR count). The summed E-state index contributed by atoms with van der Waals surface area (Å²) in [7, 11) is 6.00. The van der Waals surface area contributed by atoms with Crippen LogP contribution in [0.3, 0.4) is 0 Å². The third kappa shape index (κ3) is 1.51.